The Labute approximate surface area is 202 Å². The van der Waals surface area contributed by atoms with E-state index in [1.54, 1.807) is 20.3 Å². The van der Waals surface area contributed by atoms with Gasteiger partial charge in [0.05, 0.1) is 14.2 Å². The summed E-state index contributed by atoms with van der Waals surface area (Å²) < 4.78 is 10.6. The zero-order valence-corrected chi connectivity index (χ0v) is 19.9. The van der Waals surface area contributed by atoms with Crippen molar-refractivity contribution in [3.63, 3.8) is 0 Å². The van der Waals surface area contributed by atoms with Crippen molar-refractivity contribution in [1.82, 2.24) is 9.80 Å². The smallest absolute Gasteiger partial charge is 0.185 e. The largest absolute Gasteiger partial charge is 0.493 e. The van der Waals surface area contributed by atoms with Crippen molar-refractivity contribution in [3.05, 3.63) is 101 Å². The molecule has 0 aromatic heterocycles. The highest BCUT2D eigenvalue weighted by Crippen LogP contribution is 2.28. The van der Waals surface area contributed by atoms with Gasteiger partial charge >= 0.3 is 0 Å². The van der Waals surface area contributed by atoms with Gasteiger partial charge in [-0.3, -0.25) is 14.6 Å². The number of rotatable bonds is 9. The van der Waals surface area contributed by atoms with Gasteiger partial charge in [-0.25, -0.2) is 0 Å². The molecule has 3 aromatic carbocycles. The summed E-state index contributed by atoms with van der Waals surface area (Å²) in [6.07, 6.45) is 3.42. The topological polar surface area (TPSA) is 42.0 Å². The molecule has 1 aliphatic rings. The monoisotopic (exact) mass is 456 g/mol. The van der Waals surface area contributed by atoms with E-state index in [0.29, 0.717) is 17.1 Å². The standard InChI is InChI=1S/C29H32N2O3/c1-33-28-14-12-23(20-29(28)34-2)11-13-27(32)26-10-6-9-25(19-26)22-31-17-15-30(16-18-31)21-24-7-4-3-5-8-24/h3-14,19-20H,15-18,21-22H2,1-2H3/b13-11+. The summed E-state index contributed by atoms with van der Waals surface area (Å²) in [6, 6.07) is 24.2. The lowest BCUT2D eigenvalue weighted by atomic mass is 10.1. The van der Waals surface area contributed by atoms with E-state index in [-0.39, 0.29) is 5.78 Å². The number of benzene rings is 3. The number of piperazine rings is 1. The molecule has 176 valence electrons. The Hall–Kier alpha value is -3.41. The van der Waals surface area contributed by atoms with Gasteiger partial charge in [-0.15, -0.1) is 0 Å². The number of hydrogen-bond donors (Lipinski definition) is 0. The Morgan fingerprint density at radius 2 is 1.41 bits per heavy atom. The Balaban J connectivity index is 1.32. The number of ether oxygens (including phenoxy) is 2. The zero-order valence-electron chi connectivity index (χ0n) is 19.9. The summed E-state index contributed by atoms with van der Waals surface area (Å²) in [7, 11) is 3.21. The van der Waals surface area contributed by atoms with Gasteiger partial charge in [-0.2, -0.15) is 0 Å². The molecule has 0 spiro atoms. The Morgan fingerprint density at radius 1 is 0.765 bits per heavy atom. The number of nitrogens with zero attached hydrogens (tertiary/aromatic N) is 2. The molecule has 0 atom stereocenters. The summed E-state index contributed by atoms with van der Waals surface area (Å²) in [5, 5.41) is 0. The van der Waals surface area contributed by atoms with Crippen LogP contribution in [0.5, 0.6) is 11.5 Å². The molecular weight excluding hydrogens is 424 g/mol. The lowest BCUT2D eigenvalue weighted by molar-refractivity contribution is 0.104. The second-order valence-corrected chi connectivity index (χ2v) is 8.55. The molecule has 0 unspecified atom stereocenters. The van der Waals surface area contributed by atoms with Crippen LogP contribution in [0.15, 0.2) is 78.9 Å². The highest BCUT2D eigenvalue weighted by molar-refractivity contribution is 6.06. The van der Waals surface area contributed by atoms with Crippen molar-refractivity contribution in [2.45, 2.75) is 13.1 Å². The van der Waals surface area contributed by atoms with E-state index < -0.39 is 0 Å². The normalized spacial score (nSPS) is 14.9. The molecular formula is C29H32N2O3. The quantitative estimate of drug-likeness (QED) is 0.338. The van der Waals surface area contributed by atoms with Gasteiger partial charge in [-0.05, 0) is 41.0 Å². The first-order valence-corrected chi connectivity index (χ1v) is 11.7. The van der Waals surface area contributed by atoms with Gasteiger partial charge in [0, 0.05) is 44.8 Å². The molecule has 3 aromatic rings. The van der Waals surface area contributed by atoms with Gasteiger partial charge in [0.15, 0.2) is 17.3 Å². The van der Waals surface area contributed by atoms with Gasteiger partial charge < -0.3 is 9.47 Å². The summed E-state index contributed by atoms with van der Waals surface area (Å²) in [5.74, 6) is 1.30. The van der Waals surface area contributed by atoms with E-state index in [1.165, 1.54) is 11.1 Å². The van der Waals surface area contributed by atoms with E-state index >= 15 is 0 Å². The molecule has 0 radical (unpaired) electrons. The van der Waals surface area contributed by atoms with Crippen LogP contribution in [0.1, 0.15) is 27.0 Å². The third kappa shape index (κ3) is 6.34. The minimum Gasteiger partial charge on any atom is -0.493 e. The maximum absolute atomic E-state index is 12.8. The van der Waals surface area contributed by atoms with E-state index in [0.717, 1.165) is 44.8 Å². The first-order chi connectivity index (χ1) is 16.6. The fourth-order valence-electron chi connectivity index (χ4n) is 4.25. The van der Waals surface area contributed by atoms with Crippen molar-refractivity contribution in [1.29, 1.82) is 0 Å². The van der Waals surface area contributed by atoms with Gasteiger partial charge in [-0.1, -0.05) is 60.7 Å². The minimum atomic E-state index is -0.00989. The van der Waals surface area contributed by atoms with Crippen LogP contribution in [0.3, 0.4) is 0 Å². The van der Waals surface area contributed by atoms with Crippen LogP contribution in [-0.4, -0.2) is 56.0 Å². The molecule has 1 saturated heterocycles. The average molecular weight is 457 g/mol. The maximum atomic E-state index is 12.8. The van der Waals surface area contributed by atoms with Crippen molar-refractivity contribution >= 4 is 11.9 Å². The minimum absolute atomic E-state index is 0.00989. The molecule has 5 heteroatoms. The van der Waals surface area contributed by atoms with E-state index in [9.17, 15) is 4.79 Å². The van der Waals surface area contributed by atoms with Crippen molar-refractivity contribution < 1.29 is 14.3 Å². The summed E-state index contributed by atoms with van der Waals surface area (Å²) in [6.45, 7) is 6.04. The Bertz CT molecular complexity index is 1120. The molecule has 0 amide bonds. The van der Waals surface area contributed by atoms with Gasteiger partial charge in [0.25, 0.3) is 0 Å². The first-order valence-electron chi connectivity index (χ1n) is 11.7. The SMILES string of the molecule is COc1ccc(/C=C/C(=O)c2cccc(CN3CCN(Cc4ccccc4)CC3)c2)cc1OC. The highest BCUT2D eigenvalue weighted by Gasteiger charge is 2.17. The van der Waals surface area contributed by atoms with Crippen LogP contribution in [0.4, 0.5) is 0 Å². The average Bonchev–Trinajstić information content (AvgIpc) is 2.89. The zero-order chi connectivity index (χ0) is 23.8. The Kier molecular flexibility index (Phi) is 8.12. The summed E-state index contributed by atoms with van der Waals surface area (Å²) in [5.41, 5.74) is 4.12. The summed E-state index contributed by atoms with van der Waals surface area (Å²) in [4.78, 5) is 17.8. The number of methoxy groups -OCH3 is 2. The summed E-state index contributed by atoms with van der Waals surface area (Å²) >= 11 is 0. The molecule has 0 aliphatic carbocycles. The van der Waals surface area contributed by atoms with Gasteiger partial charge in [0.2, 0.25) is 0 Å². The lowest BCUT2D eigenvalue weighted by Gasteiger charge is -2.34. The van der Waals surface area contributed by atoms with Crippen LogP contribution < -0.4 is 9.47 Å². The third-order valence-corrected chi connectivity index (χ3v) is 6.17. The fraction of sp³-hybridized carbons (Fsp3) is 0.276. The van der Waals surface area contributed by atoms with Crippen molar-refractivity contribution in [3.8, 4) is 11.5 Å². The predicted molar refractivity (Wildman–Crippen MR) is 136 cm³/mol. The molecule has 1 heterocycles. The van der Waals surface area contributed by atoms with Crippen LogP contribution in [0, 0.1) is 0 Å². The molecule has 0 saturated carbocycles. The van der Waals surface area contributed by atoms with E-state index in [1.807, 2.05) is 42.5 Å². The van der Waals surface area contributed by atoms with Crippen molar-refractivity contribution in [2.24, 2.45) is 0 Å². The maximum Gasteiger partial charge on any atom is 0.185 e. The molecule has 4 rings (SSSR count). The number of carbonyl (C=O) groups excluding carboxylic acids is 1. The number of ketones is 1. The van der Waals surface area contributed by atoms with Crippen LogP contribution in [0.25, 0.3) is 6.08 Å². The third-order valence-electron chi connectivity index (χ3n) is 6.17. The molecule has 34 heavy (non-hydrogen) atoms. The first kappa shape index (κ1) is 23.7. The molecule has 5 nitrogen and oxygen atoms in total. The van der Waals surface area contributed by atoms with Crippen LogP contribution in [0.2, 0.25) is 0 Å². The second kappa shape index (κ2) is 11.6. The van der Waals surface area contributed by atoms with Crippen LogP contribution >= 0.6 is 0 Å². The second-order valence-electron chi connectivity index (χ2n) is 8.55. The molecule has 0 N–H and O–H groups in total. The molecule has 1 aliphatic heterocycles. The van der Waals surface area contributed by atoms with Crippen molar-refractivity contribution in [2.75, 3.05) is 40.4 Å². The van der Waals surface area contributed by atoms with E-state index in [4.69, 9.17) is 9.47 Å². The fourth-order valence-corrected chi connectivity index (χ4v) is 4.25. The highest BCUT2D eigenvalue weighted by atomic mass is 16.5. The Morgan fingerprint density at radius 3 is 2.09 bits per heavy atom. The van der Waals surface area contributed by atoms with E-state index in [2.05, 4.69) is 46.2 Å². The lowest BCUT2D eigenvalue weighted by Crippen LogP contribution is -2.45. The number of carbonyl (C=O) groups is 1. The predicted octanol–water partition coefficient (Wildman–Crippen LogP) is 4.92. The number of allylic oxidation sites excluding steroid dienone is 1. The number of hydrogen-bond acceptors (Lipinski definition) is 5. The van der Waals surface area contributed by atoms with Gasteiger partial charge in [0.1, 0.15) is 0 Å². The van der Waals surface area contributed by atoms with Crippen LogP contribution in [-0.2, 0) is 13.1 Å². The molecule has 0 bridgehead atoms. The molecule has 1 fully saturated rings.